The summed E-state index contributed by atoms with van der Waals surface area (Å²) in [5, 5.41) is 2.38. The lowest BCUT2D eigenvalue weighted by molar-refractivity contribution is -0.0478. The van der Waals surface area contributed by atoms with E-state index in [1.165, 1.54) is 10.8 Å². The van der Waals surface area contributed by atoms with Crippen molar-refractivity contribution in [2.75, 3.05) is 27.9 Å². The summed E-state index contributed by atoms with van der Waals surface area (Å²) in [6.07, 6.45) is -0.602. The molecule has 1 aliphatic rings. The number of fused-ring (bicyclic) bond motifs is 1. The molecule has 22 heavy (non-hydrogen) atoms. The van der Waals surface area contributed by atoms with Crippen LogP contribution in [0.15, 0.2) is 42.5 Å². The lowest BCUT2D eigenvalue weighted by atomic mass is 9.96. The second kappa shape index (κ2) is 6.75. The molecule has 0 bridgehead atoms. The quantitative estimate of drug-likeness (QED) is 0.851. The molecule has 3 rings (SSSR count). The molecule has 0 aromatic heterocycles. The van der Waals surface area contributed by atoms with Crippen LogP contribution in [0.25, 0.3) is 10.8 Å². The third-order valence-corrected chi connectivity index (χ3v) is 4.32. The molecular formula is C18H22O4. The van der Waals surface area contributed by atoms with Crippen LogP contribution in [0.1, 0.15) is 11.7 Å². The minimum atomic E-state index is -0.166. The fourth-order valence-electron chi connectivity index (χ4n) is 3.32. The van der Waals surface area contributed by atoms with E-state index in [9.17, 15) is 0 Å². The van der Waals surface area contributed by atoms with Crippen LogP contribution in [0.3, 0.4) is 0 Å². The Kier molecular flexibility index (Phi) is 4.74. The fraction of sp³-hybridized carbons (Fsp3) is 0.444. The largest absolute Gasteiger partial charge is 0.382 e. The molecule has 1 fully saturated rings. The second-order valence-corrected chi connectivity index (χ2v) is 5.52. The molecule has 0 spiro atoms. The molecule has 4 atom stereocenters. The van der Waals surface area contributed by atoms with E-state index in [0.29, 0.717) is 6.61 Å². The summed E-state index contributed by atoms with van der Waals surface area (Å²) in [5.41, 5.74) is 1.13. The van der Waals surface area contributed by atoms with Crippen molar-refractivity contribution in [3.63, 3.8) is 0 Å². The Hall–Kier alpha value is -1.46. The van der Waals surface area contributed by atoms with Gasteiger partial charge in [0.05, 0.1) is 6.61 Å². The topological polar surface area (TPSA) is 36.9 Å². The molecule has 0 amide bonds. The van der Waals surface area contributed by atoms with Crippen molar-refractivity contribution < 1.29 is 18.9 Å². The number of hydrogen-bond acceptors (Lipinski definition) is 4. The first-order chi connectivity index (χ1) is 10.8. The molecule has 0 N–H and O–H groups in total. The van der Waals surface area contributed by atoms with Gasteiger partial charge in [-0.05, 0) is 16.3 Å². The van der Waals surface area contributed by atoms with Crippen molar-refractivity contribution in [2.45, 2.75) is 24.4 Å². The van der Waals surface area contributed by atoms with Gasteiger partial charge in [0.25, 0.3) is 0 Å². The van der Waals surface area contributed by atoms with E-state index in [1.807, 2.05) is 12.1 Å². The average molecular weight is 302 g/mol. The van der Waals surface area contributed by atoms with Crippen LogP contribution in [0, 0.1) is 0 Å². The van der Waals surface area contributed by atoms with Crippen LogP contribution >= 0.6 is 0 Å². The van der Waals surface area contributed by atoms with Crippen molar-refractivity contribution in [2.24, 2.45) is 0 Å². The summed E-state index contributed by atoms with van der Waals surface area (Å²) < 4.78 is 22.8. The first-order valence-electron chi connectivity index (χ1n) is 7.47. The van der Waals surface area contributed by atoms with Crippen molar-refractivity contribution >= 4 is 10.8 Å². The number of rotatable bonds is 5. The zero-order chi connectivity index (χ0) is 15.5. The summed E-state index contributed by atoms with van der Waals surface area (Å²) >= 11 is 0. The zero-order valence-corrected chi connectivity index (χ0v) is 13.2. The first-order valence-corrected chi connectivity index (χ1v) is 7.47. The van der Waals surface area contributed by atoms with Gasteiger partial charge in [0.15, 0.2) is 0 Å². The first kappa shape index (κ1) is 15.4. The molecule has 1 saturated heterocycles. The summed E-state index contributed by atoms with van der Waals surface area (Å²) in [6, 6.07) is 14.6. The lowest BCUT2D eigenvalue weighted by Crippen LogP contribution is -2.36. The Labute approximate surface area is 130 Å². The van der Waals surface area contributed by atoms with Gasteiger partial charge in [-0.25, -0.2) is 0 Å². The van der Waals surface area contributed by atoms with E-state index in [4.69, 9.17) is 18.9 Å². The molecule has 0 radical (unpaired) electrons. The number of ether oxygens (including phenoxy) is 4. The van der Waals surface area contributed by atoms with Gasteiger partial charge in [-0.2, -0.15) is 0 Å². The number of hydrogen-bond donors (Lipinski definition) is 0. The highest BCUT2D eigenvalue weighted by molar-refractivity contribution is 5.86. The Bertz CT molecular complexity index is 622. The van der Waals surface area contributed by atoms with Gasteiger partial charge in [0.2, 0.25) is 0 Å². The third kappa shape index (κ3) is 2.63. The average Bonchev–Trinajstić information content (AvgIpc) is 2.92. The highest BCUT2D eigenvalue weighted by Crippen LogP contribution is 2.39. The van der Waals surface area contributed by atoms with Crippen molar-refractivity contribution in [1.82, 2.24) is 0 Å². The van der Waals surface area contributed by atoms with E-state index >= 15 is 0 Å². The fourth-order valence-corrected chi connectivity index (χ4v) is 3.32. The number of benzene rings is 2. The Morgan fingerprint density at radius 1 is 0.909 bits per heavy atom. The Morgan fingerprint density at radius 3 is 2.36 bits per heavy atom. The van der Waals surface area contributed by atoms with Crippen LogP contribution in [-0.4, -0.2) is 46.2 Å². The van der Waals surface area contributed by atoms with Crippen molar-refractivity contribution in [3.05, 3.63) is 48.0 Å². The van der Waals surface area contributed by atoms with Crippen LogP contribution < -0.4 is 0 Å². The summed E-state index contributed by atoms with van der Waals surface area (Å²) in [6.45, 7) is 0.486. The van der Waals surface area contributed by atoms with Gasteiger partial charge in [0.1, 0.15) is 24.4 Å². The van der Waals surface area contributed by atoms with E-state index in [2.05, 4.69) is 30.3 Å². The van der Waals surface area contributed by atoms with Crippen LogP contribution in [0.2, 0.25) is 0 Å². The highest BCUT2D eigenvalue weighted by atomic mass is 16.6. The van der Waals surface area contributed by atoms with Crippen LogP contribution in [0.5, 0.6) is 0 Å². The van der Waals surface area contributed by atoms with Gasteiger partial charge in [0, 0.05) is 21.3 Å². The summed E-state index contributed by atoms with van der Waals surface area (Å²) in [5.74, 6) is 0. The molecular weight excluding hydrogens is 280 g/mol. The second-order valence-electron chi connectivity index (χ2n) is 5.52. The Balaban J connectivity index is 2.01. The maximum absolute atomic E-state index is 6.23. The third-order valence-electron chi connectivity index (χ3n) is 4.32. The van der Waals surface area contributed by atoms with Gasteiger partial charge >= 0.3 is 0 Å². The minimum Gasteiger partial charge on any atom is -0.382 e. The standard InChI is InChI=1S/C18H22O4/c1-19-11-15-17(20-2)18(21-3)16(22-15)14-10-6-8-12-7-4-5-9-13(12)14/h4-10,15-18H,11H2,1-3H3/t15-,16+,17-,18+/m1/s1. The molecule has 118 valence electrons. The molecule has 2 aromatic rings. The molecule has 0 saturated carbocycles. The van der Waals surface area contributed by atoms with E-state index in [1.54, 1.807) is 21.3 Å². The monoisotopic (exact) mass is 302 g/mol. The normalized spacial score (nSPS) is 28.3. The van der Waals surface area contributed by atoms with Crippen LogP contribution in [0.4, 0.5) is 0 Å². The molecule has 0 aliphatic carbocycles. The van der Waals surface area contributed by atoms with E-state index in [0.717, 1.165) is 5.56 Å². The van der Waals surface area contributed by atoms with Gasteiger partial charge in [-0.1, -0.05) is 42.5 Å². The lowest BCUT2D eigenvalue weighted by Gasteiger charge is -2.22. The van der Waals surface area contributed by atoms with Crippen LogP contribution in [-0.2, 0) is 18.9 Å². The minimum absolute atomic E-state index is 0.135. The summed E-state index contributed by atoms with van der Waals surface area (Å²) in [4.78, 5) is 0. The smallest absolute Gasteiger partial charge is 0.116 e. The van der Waals surface area contributed by atoms with Gasteiger partial charge in [-0.3, -0.25) is 0 Å². The molecule has 1 heterocycles. The molecule has 2 aromatic carbocycles. The Morgan fingerprint density at radius 2 is 1.64 bits per heavy atom. The van der Waals surface area contributed by atoms with Crippen molar-refractivity contribution in [1.29, 1.82) is 0 Å². The highest BCUT2D eigenvalue weighted by Gasteiger charge is 2.46. The van der Waals surface area contributed by atoms with Gasteiger partial charge < -0.3 is 18.9 Å². The van der Waals surface area contributed by atoms with E-state index in [-0.39, 0.29) is 24.4 Å². The van der Waals surface area contributed by atoms with Gasteiger partial charge in [-0.15, -0.1) is 0 Å². The summed E-state index contributed by atoms with van der Waals surface area (Å²) in [7, 11) is 5.06. The zero-order valence-electron chi connectivity index (χ0n) is 13.2. The maximum atomic E-state index is 6.23. The molecule has 4 nitrogen and oxygen atoms in total. The molecule has 0 unspecified atom stereocenters. The SMILES string of the molecule is COC[C@H]1O[C@@H](c2cccc3ccccc23)[C@H](OC)[C@@H]1OC. The van der Waals surface area contributed by atoms with E-state index < -0.39 is 0 Å². The predicted octanol–water partition coefficient (Wildman–Crippen LogP) is 2.96. The maximum Gasteiger partial charge on any atom is 0.116 e. The molecule has 1 aliphatic heterocycles. The number of methoxy groups -OCH3 is 3. The molecule has 4 heteroatoms. The predicted molar refractivity (Wildman–Crippen MR) is 85.0 cm³/mol. The van der Waals surface area contributed by atoms with Crippen molar-refractivity contribution in [3.8, 4) is 0 Å².